The number of fused-ring (bicyclic) bond motifs is 1. The van der Waals surface area contributed by atoms with E-state index in [-0.39, 0.29) is 30.2 Å². The molecule has 5 amide bonds. The molecule has 3 aliphatic heterocycles. The summed E-state index contributed by atoms with van der Waals surface area (Å²) in [6.07, 6.45) is 1.81. The highest BCUT2D eigenvalue weighted by molar-refractivity contribution is 7.13. The van der Waals surface area contributed by atoms with Gasteiger partial charge in [-0.05, 0) is 59.7 Å². The van der Waals surface area contributed by atoms with Crippen molar-refractivity contribution in [2.75, 3.05) is 47.8 Å². The number of anilines is 3. The Morgan fingerprint density at radius 1 is 0.944 bits per heavy atom. The second-order valence-corrected chi connectivity index (χ2v) is 14.1. The van der Waals surface area contributed by atoms with Crippen LogP contribution < -0.4 is 20.4 Å². The zero-order valence-corrected chi connectivity index (χ0v) is 29.6. The number of rotatable bonds is 9. The maximum absolute atomic E-state index is 14.4. The highest BCUT2D eigenvalue weighted by Gasteiger charge is 2.39. The number of aromatic nitrogens is 3. The first-order chi connectivity index (χ1) is 26.2. The lowest BCUT2D eigenvalue weighted by Gasteiger charge is -2.35. The van der Waals surface area contributed by atoms with Crippen LogP contribution in [0.1, 0.15) is 39.5 Å². The second-order valence-electron chi connectivity index (χ2n) is 13.2. The fourth-order valence-corrected chi connectivity index (χ4v) is 7.51. The largest absolute Gasteiger partial charge is 0.508 e. The number of hydrogen-bond acceptors (Lipinski definition) is 11. The Morgan fingerprint density at radius 2 is 1.76 bits per heavy atom. The third-order valence-electron chi connectivity index (χ3n) is 9.80. The van der Waals surface area contributed by atoms with Crippen LogP contribution in [0, 0.1) is 5.82 Å². The van der Waals surface area contributed by atoms with E-state index in [1.54, 1.807) is 22.4 Å². The zero-order valence-electron chi connectivity index (χ0n) is 28.8. The van der Waals surface area contributed by atoms with Crippen molar-refractivity contribution >= 4 is 51.7 Å². The van der Waals surface area contributed by atoms with Gasteiger partial charge in [-0.25, -0.2) is 14.2 Å². The number of benzene rings is 3. The lowest BCUT2D eigenvalue weighted by Crippen LogP contribution is -2.49. The summed E-state index contributed by atoms with van der Waals surface area (Å²) in [5, 5.41) is 26.7. The van der Waals surface area contributed by atoms with Crippen LogP contribution >= 0.6 is 11.3 Å². The Hall–Kier alpha value is -6.26. The number of nitrogens with zero attached hydrogens (tertiary/aromatic N) is 7. The number of phenolic OH excluding ortho intramolecular Hbond substituents is 1. The number of urea groups is 1. The van der Waals surface area contributed by atoms with E-state index in [1.807, 2.05) is 42.5 Å². The maximum Gasteiger partial charge on any atom is 0.328 e. The number of aromatic hydroxyl groups is 1. The molecule has 8 rings (SSSR count). The molecule has 5 aromatic rings. The first-order valence-electron chi connectivity index (χ1n) is 17.3. The molecule has 14 nitrogen and oxygen atoms in total. The molecule has 3 aromatic carbocycles. The summed E-state index contributed by atoms with van der Waals surface area (Å²) >= 11 is 1.20. The molecule has 0 bridgehead atoms. The van der Waals surface area contributed by atoms with Gasteiger partial charge in [0.05, 0.1) is 5.69 Å². The molecule has 16 heteroatoms. The highest BCUT2D eigenvalue weighted by Crippen LogP contribution is 2.38. The minimum Gasteiger partial charge on any atom is -0.508 e. The number of imide groups is 1. The van der Waals surface area contributed by atoms with Gasteiger partial charge >= 0.3 is 6.03 Å². The molecule has 1 unspecified atom stereocenters. The molecule has 2 aromatic heterocycles. The van der Waals surface area contributed by atoms with Gasteiger partial charge in [0.1, 0.15) is 17.6 Å². The van der Waals surface area contributed by atoms with E-state index in [2.05, 4.69) is 35.6 Å². The minimum atomic E-state index is -1.32. The quantitative estimate of drug-likeness (QED) is 0.195. The third kappa shape index (κ3) is 7.08. The van der Waals surface area contributed by atoms with E-state index < -0.39 is 29.7 Å². The number of phenols is 1. The smallest absolute Gasteiger partial charge is 0.328 e. The van der Waals surface area contributed by atoms with Crippen molar-refractivity contribution in [1.29, 1.82) is 0 Å². The van der Waals surface area contributed by atoms with E-state index in [0.29, 0.717) is 34.1 Å². The van der Waals surface area contributed by atoms with Crippen molar-refractivity contribution in [3.63, 3.8) is 0 Å². The first kappa shape index (κ1) is 34.8. The molecule has 3 aliphatic rings. The predicted octanol–water partition coefficient (Wildman–Crippen LogP) is 4.55. The van der Waals surface area contributed by atoms with Gasteiger partial charge in [-0.2, -0.15) is 0 Å². The standard InChI is InChI=1S/C38H34FN9O5S/c39-26-5-9-31(49)29(20-26)34(35(51)42-37-40-12-18-54-37)48-22-25-4-3-24(19-28(25)36(48)52)30-8-10-32(44-43-30)46-16-14-45(15-17-46)21-23-1-6-27(7-2-23)47-13-11-33(50)41-38(47)53/h1-10,12,18-20,34,49H,11,13-17,21-22H2,(H,40,42,51)(H,41,50,53). The van der Waals surface area contributed by atoms with E-state index in [1.165, 1.54) is 22.4 Å². The molecule has 2 fully saturated rings. The van der Waals surface area contributed by atoms with Crippen LogP contribution in [0.25, 0.3) is 11.3 Å². The van der Waals surface area contributed by atoms with Gasteiger partial charge < -0.3 is 14.9 Å². The van der Waals surface area contributed by atoms with Gasteiger partial charge in [-0.3, -0.25) is 34.8 Å². The predicted molar refractivity (Wildman–Crippen MR) is 198 cm³/mol. The van der Waals surface area contributed by atoms with Crippen molar-refractivity contribution in [2.45, 2.75) is 25.6 Å². The number of hydrogen-bond donors (Lipinski definition) is 3. The minimum absolute atomic E-state index is 0.0354. The summed E-state index contributed by atoms with van der Waals surface area (Å²) < 4.78 is 14.4. The second kappa shape index (κ2) is 14.6. The summed E-state index contributed by atoms with van der Waals surface area (Å²) in [6.45, 7) is 4.36. The number of amides is 5. The molecule has 3 N–H and O–H groups in total. The van der Waals surface area contributed by atoms with Gasteiger partial charge in [-0.1, -0.05) is 24.3 Å². The third-order valence-corrected chi connectivity index (χ3v) is 10.5. The fraction of sp³-hybridized carbons (Fsp3) is 0.237. The summed E-state index contributed by atoms with van der Waals surface area (Å²) in [7, 11) is 0. The molecule has 0 aliphatic carbocycles. The van der Waals surface area contributed by atoms with Crippen molar-refractivity contribution < 1.29 is 28.7 Å². The zero-order chi connectivity index (χ0) is 37.3. The topological polar surface area (TPSA) is 164 Å². The monoisotopic (exact) mass is 747 g/mol. The van der Waals surface area contributed by atoms with E-state index in [9.17, 15) is 28.7 Å². The summed E-state index contributed by atoms with van der Waals surface area (Å²) in [4.78, 5) is 62.6. The molecule has 0 spiro atoms. The Kier molecular flexibility index (Phi) is 9.43. The van der Waals surface area contributed by atoms with Crippen LogP contribution in [0.5, 0.6) is 5.75 Å². The Labute approximate surface area is 312 Å². The lowest BCUT2D eigenvalue weighted by molar-refractivity contribution is -0.121. The Balaban J connectivity index is 0.909. The molecule has 2 saturated heterocycles. The van der Waals surface area contributed by atoms with Gasteiger partial charge in [0.25, 0.3) is 11.8 Å². The van der Waals surface area contributed by atoms with Crippen molar-refractivity contribution in [2.24, 2.45) is 0 Å². The number of carbonyl (C=O) groups excluding carboxylic acids is 4. The number of carbonyl (C=O) groups is 4. The fourth-order valence-electron chi connectivity index (χ4n) is 6.98. The van der Waals surface area contributed by atoms with Crippen molar-refractivity contribution in [1.82, 2.24) is 30.3 Å². The highest BCUT2D eigenvalue weighted by atomic mass is 32.1. The number of thiazole rings is 1. The van der Waals surface area contributed by atoms with Crippen LogP contribution in [0.2, 0.25) is 0 Å². The number of halogens is 1. The van der Waals surface area contributed by atoms with Crippen molar-refractivity contribution in [3.8, 4) is 17.0 Å². The van der Waals surface area contributed by atoms with Crippen LogP contribution in [-0.2, 0) is 22.7 Å². The van der Waals surface area contributed by atoms with E-state index >= 15 is 0 Å². The normalized spacial score (nSPS) is 16.7. The molecule has 5 heterocycles. The number of piperazine rings is 1. The molecular weight excluding hydrogens is 714 g/mol. The Bertz CT molecular complexity index is 2230. The summed E-state index contributed by atoms with van der Waals surface area (Å²) in [5.41, 5.74) is 4.15. The average molecular weight is 748 g/mol. The van der Waals surface area contributed by atoms with Crippen LogP contribution in [0.4, 0.5) is 25.8 Å². The van der Waals surface area contributed by atoms with E-state index in [0.717, 1.165) is 68.0 Å². The SMILES string of the molecule is O=C1CCN(c2ccc(CN3CCN(c4ccc(-c5ccc6c(c5)C(=O)N(C(C(=O)Nc5nccs5)c5cc(F)ccc5O)C6)nn4)CC3)cc2)C(=O)N1. The molecule has 0 saturated carbocycles. The molecule has 54 heavy (non-hydrogen) atoms. The number of nitrogens with one attached hydrogen (secondary N) is 2. The van der Waals surface area contributed by atoms with Crippen LogP contribution in [0.15, 0.2) is 84.4 Å². The van der Waals surface area contributed by atoms with Gasteiger partial charge in [0, 0.05) is 86.2 Å². The van der Waals surface area contributed by atoms with Crippen molar-refractivity contribution in [3.05, 3.63) is 112 Å². The van der Waals surface area contributed by atoms with Gasteiger partial charge in [-0.15, -0.1) is 21.5 Å². The summed E-state index contributed by atoms with van der Waals surface area (Å²) in [6, 6.07) is 18.6. The Morgan fingerprint density at radius 3 is 2.48 bits per heavy atom. The summed E-state index contributed by atoms with van der Waals surface area (Å²) in [5.74, 6) is -1.55. The molecule has 274 valence electrons. The maximum atomic E-state index is 14.4. The molecule has 1 atom stereocenters. The molecule has 0 radical (unpaired) electrons. The van der Waals surface area contributed by atoms with Gasteiger partial charge in [0.2, 0.25) is 5.91 Å². The average Bonchev–Trinajstić information content (AvgIpc) is 3.81. The van der Waals surface area contributed by atoms with E-state index in [4.69, 9.17) is 0 Å². The molecular formula is C38H34FN9O5S. The first-order valence-corrected chi connectivity index (χ1v) is 18.2. The van der Waals surface area contributed by atoms with Gasteiger partial charge in [0.15, 0.2) is 10.9 Å². The van der Waals surface area contributed by atoms with Crippen LogP contribution in [0.3, 0.4) is 0 Å². The lowest BCUT2D eigenvalue weighted by atomic mass is 10.0. The van der Waals surface area contributed by atoms with Crippen LogP contribution in [-0.4, -0.2) is 86.6 Å².